The van der Waals surface area contributed by atoms with Crippen LogP contribution in [0.1, 0.15) is 28.5 Å². The minimum absolute atomic E-state index is 0.391. The van der Waals surface area contributed by atoms with Crippen molar-refractivity contribution >= 4 is 11.7 Å². The summed E-state index contributed by atoms with van der Waals surface area (Å²) in [5, 5.41) is 3.37. The van der Waals surface area contributed by atoms with Crippen LogP contribution >= 0.6 is 0 Å². The number of rotatable bonds is 2. The molecule has 18 heavy (non-hydrogen) atoms. The fourth-order valence-corrected chi connectivity index (χ4v) is 2.48. The number of anilines is 1. The predicted molar refractivity (Wildman–Crippen MR) is 71.9 cm³/mol. The molecule has 5 heteroatoms. The maximum atomic E-state index is 11.6. The molecule has 3 N–H and O–H groups in total. The van der Waals surface area contributed by atoms with Crippen LogP contribution in [0.5, 0.6) is 0 Å². The molecule has 1 amide bonds. The van der Waals surface area contributed by atoms with Gasteiger partial charge in [0, 0.05) is 31.4 Å². The monoisotopic (exact) mass is 248 g/mol. The average molecular weight is 248 g/mol. The molecular weight excluding hydrogens is 228 g/mol. The van der Waals surface area contributed by atoms with Crippen LogP contribution in [-0.4, -0.2) is 36.6 Å². The summed E-state index contributed by atoms with van der Waals surface area (Å²) in [6, 6.07) is 2.29. The predicted octanol–water partition coefficient (Wildman–Crippen LogP) is 0.595. The first-order chi connectivity index (χ1) is 8.49. The molecule has 2 rings (SSSR count). The molecule has 0 radical (unpaired) electrons. The van der Waals surface area contributed by atoms with Gasteiger partial charge in [0.05, 0.1) is 5.56 Å². The maximum Gasteiger partial charge on any atom is 0.252 e. The van der Waals surface area contributed by atoms with Gasteiger partial charge in [-0.1, -0.05) is 0 Å². The molecule has 0 spiro atoms. The Morgan fingerprint density at radius 3 is 2.89 bits per heavy atom. The Morgan fingerprint density at radius 2 is 2.28 bits per heavy atom. The largest absolute Gasteiger partial charge is 0.365 e. The van der Waals surface area contributed by atoms with E-state index in [0.717, 1.165) is 36.7 Å². The van der Waals surface area contributed by atoms with E-state index in [1.54, 1.807) is 0 Å². The van der Waals surface area contributed by atoms with Gasteiger partial charge in [-0.05, 0) is 32.4 Å². The average Bonchev–Trinajstić information content (AvgIpc) is 2.27. The van der Waals surface area contributed by atoms with Gasteiger partial charge >= 0.3 is 0 Å². The number of amides is 1. The zero-order valence-corrected chi connectivity index (χ0v) is 11.2. The fraction of sp³-hybridized carbons (Fsp3) is 0.538. The van der Waals surface area contributed by atoms with Crippen molar-refractivity contribution in [2.75, 3.05) is 24.5 Å². The van der Waals surface area contributed by atoms with Crippen molar-refractivity contribution in [3.05, 3.63) is 22.9 Å². The molecule has 1 aromatic rings. The van der Waals surface area contributed by atoms with Crippen molar-refractivity contribution in [3.8, 4) is 0 Å². The minimum Gasteiger partial charge on any atom is -0.365 e. The lowest BCUT2D eigenvalue weighted by Gasteiger charge is -2.34. The zero-order chi connectivity index (χ0) is 13.3. The van der Waals surface area contributed by atoms with Crippen LogP contribution in [0.25, 0.3) is 0 Å². The summed E-state index contributed by atoms with van der Waals surface area (Å²) in [6.07, 6.45) is 0. The Bertz CT molecular complexity index is 472. The first-order valence-electron chi connectivity index (χ1n) is 6.25. The number of hydrogen-bond acceptors (Lipinski definition) is 4. The van der Waals surface area contributed by atoms with E-state index in [1.807, 2.05) is 19.9 Å². The van der Waals surface area contributed by atoms with Crippen LogP contribution in [0.2, 0.25) is 0 Å². The van der Waals surface area contributed by atoms with E-state index in [4.69, 9.17) is 5.73 Å². The highest BCUT2D eigenvalue weighted by molar-refractivity contribution is 5.99. The van der Waals surface area contributed by atoms with Crippen molar-refractivity contribution in [1.29, 1.82) is 0 Å². The van der Waals surface area contributed by atoms with Gasteiger partial charge in [0.2, 0.25) is 0 Å². The molecule has 0 unspecified atom stereocenters. The molecule has 1 aromatic heterocycles. The van der Waals surface area contributed by atoms with Crippen molar-refractivity contribution in [2.24, 2.45) is 5.73 Å². The molecule has 0 bridgehead atoms. The summed E-state index contributed by atoms with van der Waals surface area (Å²) in [6.45, 7) is 8.56. The van der Waals surface area contributed by atoms with Crippen molar-refractivity contribution in [3.63, 3.8) is 0 Å². The lowest BCUT2D eigenvalue weighted by atomic mass is 10.1. The first-order valence-corrected chi connectivity index (χ1v) is 6.25. The lowest BCUT2D eigenvalue weighted by molar-refractivity contribution is 0.0999. The second kappa shape index (κ2) is 4.94. The van der Waals surface area contributed by atoms with Gasteiger partial charge in [-0.3, -0.25) is 4.79 Å². The minimum atomic E-state index is -0.402. The molecule has 1 aliphatic heterocycles. The molecule has 1 atom stereocenters. The summed E-state index contributed by atoms with van der Waals surface area (Å²) in [5.74, 6) is 0.328. The number of pyridine rings is 1. The van der Waals surface area contributed by atoms with E-state index >= 15 is 0 Å². The maximum absolute atomic E-state index is 11.6. The Balaban J connectivity index is 2.44. The van der Waals surface area contributed by atoms with Crippen LogP contribution < -0.4 is 16.0 Å². The quantitative estimate of drug-likeness (QED) is 0.804. The number of carbonyl (C=O) groups is 1. The normalized spacial score (nSPS) is 19.9. The van der Waals surface area contributed by atoms with Crippen molar-refractivity contribution in [2.45, 2.75) is 26.8 Å². The molecule has 1 aliphatic rings. The molecule has 0 saturated carbocycles. The third kappa shape index (κ3) is 2.46. The van der Waals surface area contributed by atoms with E-state index < -0.39 is 5.91 Å². The SMILES string of the molecule is Cc1cc(C)c(C(N)=O)c(N2CCN[C@H](C)C2)n1. The molecule has 2 heterocycles. The highest BCUT2D eigenvalue weighted by Gasteiger charge is 2.23. The molecule has 1 saturated heterocycles. The number of nitrogens with zero attached hydrogens (tertiary/aromatic N) is 2. The summed E-state index contributed by atoms with van der Waals surface area (Å²) in [7, 11) is 0. The van der Waals surface area contributed by atoms with E-state index in [-0.39, 0.29) is 0 Å². The van der Waals surface area contributed by atoms with Gasteiger partial charge < -0.3 is 16.0 Å². The fourth-order valence-electron chi connectivity index (χ4n) is 2.48. The molecule has 0 aliphatic carbocycles. The zero-order valence-electron chi connectivity index (χ0n) is 11.2. The van der Waals surface area contributed by atoms with E-state index in [1.165, 1.54) is 0 Å². The molecule has 98 valence electrons. The van der Waals surface area contributed by atoms with Crippen LogP contribution in [0, 0.1) is 13.8 Å². The second-order valence-electron chi connectivity index (χ2n) is 4.94. The van der Waals surface area contributed by atoms with Crippen LogP contribution in [-0.2, 0) is 0 Å². The number of hydrogen-bond donors (Lipinski definition) is 2. The Labute approximate surface area is 107 Å². The Kier molecular flexibility index (Phi) is 3.52. The smallest absolute Gasteiger partial charge is 0.252 e. The first kappa shape index (κ1) is 12.8. The van der Waals surface area contributed by atoms with E-state index in [2.05, 4.69) is 22.1 Å². The number of piperazine rings is 1. The summed E-state index contributed by atoms with van der Waals surface area (Å²) in [5.41, 5.74) is 7.85. The molecule has 0 aromatic carbocycles. The van der Waals surface area contributed by atoms with Crippen LogP contribution in [0.4, 0.5) is 5.82 Å². The summed E-state index contributed by atoms with van der Waals surface area (Å²) in [4.78, 5) is 18.3. The summed E-state index contributed by atoms with van der Waals surface area (Å²) >= 11 is 0. The number of nitrogens with one attached hydrogen (secondary N) is 1. The topological polar surface area (TPSA) is 71.2 Å². The van der Waals surface area contributed by atoms with Gasteiger partial charge in [0.25, 0.3) is 5.91 Å². The van der Waals surface area contributed by atoms with Gasteiger partial charge in [0.1, 0.15) is 5.82 Å². The third-order valence-corrected chi connectivity index (χ3v) is 3.24. The van der Waals surface area contributed by atoms with Gasteiger partial charge in [0.15, 0.2) is 0 Å². The van der Waals surface area contributed by atoms with Gasteiger partial charge in [-0.15, -0.1) is 0 Å². The van der Waals surface area contributed by atoms with Crippen LogP contribution in [0.3, 0.4) is 0 Å². The number of primary amides is 1. The lowest BCUT2D eigenvalue weighted by Crippen LogP contribution is -2.50. The Morgan fingerprint density at radius 1 is 1.56 bits per heavy atom. The number of aryl methyl sites for hydroxylation is 2. The van der Waals surface area contributed by atoms with Gasteiger partial charge in [-0.2, -0.15) is 0 Å². The molecule has 1 fully saturated rings. The molecular formula is C13H20N4O. The molecule has 5 nitrogen and oxygen atoms in total. The van der Waals surface area contributed by atoms with E-state index in [9.17, 15) is 4.79 Å². The van der Waals surface area contributed by atoms with Crippen molar-refractivity contribution in [1.82, 2.24) is 10.3 Å². The van der Waals surface area contributed by atoms with Crippen LogP contribution in [0.15, 0.2) is 6.07 Å². The second-order valence-corrected chi connectivity index (χ2v) is 4.94. The highest BCUT2D eigenvalue weighted by Crippen LogP contribution is 2.23. The standard InChI is InChI=1S/C13H20N4O/c1-8-6-9(2)16-13(11(8)12(14)18)17-5-4-15-10(3)7-17/h6,10,15H,4-5,7H2,1-3H3,(H2,14,18)/t10-/m1/s1. The number of carbonyl (C=O) groups excluding carboxylic acids is 1. The number of aromatic nitrogens is 1. The van der Waals surface area contributed by atoms with Crippen molar-refractivity contribution < 1.29 is 4.79 Å². The highest BCUT2D eigenvalue weighted by atomic mass is 16.1. The van der Waals surface area contributed by atoms with E-state index in [0.29, 0.717) is 11.6 Å². The van der Waals surface area contributed by atoms with Gasteiger partial charge in [-0.25, -0.2) is 4.98 Å². The summed E-state index contributed by atoms with van der Waals surface area (Å²) < 4.78 is 0. The number of nitrogens with two attached hydrogens (primary N) is 1. The third-order valence-electron chi connectivity index (χ3n) is 3.24. The Hall–Kier alpha value is -1.62.